The molecule has 0 radical (unpaired) electrons. The lowest BCUT2D eigenvalue weighted by Crippen LogP contribution is -2.32. The van der Waals surface area contributed by atoms with Gasteiger partial charge in [0.2, 0.25) is 0 Å². The smallest absolute Gasteiger partial charge is 0.323 e. The van der Waals surface area contributed by atoms with E-state index >= 15 is 0 Å². The summed E-state index contributed by atoms with van der Waals surface area (Å²) >= 11 is 6.47. The number of hydrogen-bond donors (Lipinski definition) is 1. The molecule has 110 valence electrons. The van der Waals surface area contributed by atoms with E-state index in [0.29, 0.717) is 6.42 Å². The Balaban J connectivity index is 0.000000774. The second-order valence-electron chi connectivity index (χ2n) is 4.53. The van der Waals surface area contributed by atoms with Crippen LogP contribution in [0.2, 0.25) is 0 Å². The molecule has 2 aromatic rings. The van der Waals surface area contributed by atoms with E-state index in [-0.39, 0.29) is 5.38 Å². The molecule has 2 amide bonds. The van der Waals surface area contributed by atoms with Gasteiger partial charge in [0.1, 0.15) is 0 Å². The fourth-order valence-electron chi connectivity index (χ4n) is 2.53. The lowest BCUT2D eigenvalue weighted by molar-refractivity contribution is 0.256. The van der Waals surface area contributed by atoms with Crippen molar-refractivity contribution in [1.29, 1.82) is 0 Å². The van der Waals surface area contributed by atoms with E-state index in [1.54, 1.807) is 0 Å². The van der Waals surface area contributed by atoms with Gasteiger partial charge in [-0.15, -0.1) is 11.6 Å². The molecule has 0 spiro atoms. The maximum Gasteiger partial charge on any atom is 0.323 e. The van der Waals surface area contributed by atoms with Crippen molar-refractivity contribution in [2.75, 3.05) is 4.90 Å². The van der Waals surface area contributed by atoms with Crippen molar-refractivity contribution in [1.82, 2.24) is 0 Å². The van der Waals surface area contributed by atoms with Crippen molar-refractivity contribution < 1.29 is 4.79 Å². The topological polar surface area (TPSA) is 46.3 Å². The largest absolute Gasteiger partial charge is 0.351 e. The van der Waals surface area contributed by atoms with Crippen molar-refractivity contribution in [3.05, 3.63) is 59.7 Å². The molecule has 21 heavy (non-hydrogen) atoms. The third-order valence-electron chi connectivity index (χ3n) is 3.37. The first-order valence-electron chi connectivity index (χ1n) is 7.09. The van der Waals surface area contributed by atoms with Crippen LogP contribution < -0.4 is 10.6 Å². The summed E-state index contributed by atoms with van der Waals surface area (Å²) in [4.78, 5) is 13.4. The third-order valence-corrected chi connectivity index (χ3v) is 3.76. The summed E-state index contributed by atoms with van der Waals surface area (Å²) in [6.07, 6.45) is 0.679. The monoisotopic (exact) mass is 302 g/mol. The van der Waals surface area contributed by atoms with Crippen LogP contribution in [0.25, 0.3) is 0 Å². The highest BCUT2D eigenvalue weighted by Crippen LogP contribution is 2.42. The normalized spacial score (nSPS) is 16.0. The Labute approximate surface area is 130 Å². The summed E-state index contributed by atoms with van der Waals surface area (Å²) in [5.41, 5.74) is 9.09. The van der Waals surface area contributed by atoms with E-state index < -0.39 is 6.03 Å². The molecule has 0 bridgehead atoms. The minimum Gasteiger partial charge on any atom is -0.351 e. The molecule has 0 aromatic heterocycles. The van der Waals surface area contributed by atoms with Gasteiger partial charge in [-0.1, -0.05) is 50.2 Å². The molecule has 1 unspecified atom stereocenters. The first-order chi connectivity index (χ1) is 10.2. The van der Waals surface area contributed by atoms with Gasteiger partial charge in [0.15, 0.2) is 0 Å². The van der Waals surface area contributed by atoms with Crippen LogP contribution in [0.1, 0.15) is 30.4 Å². The number of hydrogen-bond acceptors (Lipinski definition) is 1. The Morgan fingerprint density at radius 2 is 1.67 bits per heavy atom. The van der Waals surface area contributed by atoms with Gasteiger partial charge < -0.3 is 5.73 Å². The van der Waals surface area contributed by atoms with Gasteiger partial charge in [0.25, 0.3) is 0 Å². The molecule has 3 nitrogen and oxygen atoms in total. The average molecular weight is 303 g/mol. The number of nitrogens with zero attached hydrogens (tertiary/aromatic N) is 1. The highest BCUT2D eigenvalue weighted by Gasteiger charge is 2.27. The van der Waals surface area contributed by atoms with E-state index in [1.807, 2.05) is 62.4 Å². The fraction of sp³-hybridized carbons (Fsp3) is 0.235. The molecule has 1 atom stereocenters. The molecule has 1 aliphatic rings. The van der Waals surface area contributed by atoms with Gasteiger partial charge in [0, 0.05) is 0 Å². The SMILES string of the molecule is CC.NC(=O)N1c2ccccc2CC(Cl)c2ccccc21. The molecule has 0 aliphatic carbocycles. The van der Waals surface area contributed by atoms with E-state index in [9.17, 15) is 4.79 Å². The predicted octanol–water partition coefficient (Wildman–Crippen LogP) is 4.77. The standard InChI is InChI=1S/C15H13ClN2O.C2H6/c16-12-9-10-5-1-3-7-13(10)18(15(17)19)14-8-4-2-6-11(12)14;1-2/h1-8,12H,9H2,(H2,17,19);1-2H3. The summed E-state index contributed by atoms with van der Waals surface area (Å²) in [5, 5.41) is -0.165. The Hall–Kier alpha value is -2.00. The van der Waals surface area contributed by atoms with Gasteiger partial charge in [0.05, 0.1) is 16.8 Å². The molecule has 4 heteroatoms. The number of nitrogens with two attached hydrogens (primary N) is 1. The van der Waals surface area contributed by atoms with Crippen LogP contribution in [-0.4, -0.2) is 6.03 Å². The number of primary amides is 1. The highest BCUT2D eigenvalue weighted by atomic mass is 35.5. The zero-order valence-electron chi connectivity index (χ0n) is 12.2. The second-order valence-corrected chi connectivity index (χ2v) is 5.06. The predicted molar refractivity (Wildman–Crippen MR) is 88.3 cm³/mol. The molecule has 2 N–H and O–H groups in total. The van der Waals surface area contributed by atoms with Gasteiger partial charge in [-0.05, 0) is 29.7 Å². The minimum atomic E-state index is -0.495. The molecule has 0 saturated heterocycles. The maximum absolute atomic E-state index is 11.8. The molecule has 0 saturated carbocycles. The number of fused-ring (bicyclic) bond motifs is 2. The minimum absolute atomic E-state index is 0.165. The first kappa shape index (κ1) is 15.4. The lowest BCUT2D eigenvalue weighted by Gasteiger charge is -2.22. The molecule has 3 rings (SSSR count). The summed E-state index contributed by atoms with van der Waals surface area (Å²) in [5.74, 6) is 0. The third kappa shape index (κ3) is 2.88. The number of para-hydroxylation sites is 2. The average Bonchev–Trinajstić information content (AvgIpc) is 2.63. The first-order valence-corrected chi connectivity index (χ1v) is 7.52. The molecule has 1 aliphatic heterocycles. The number of carbonyl (C=O) groups is 1. The van der Waals surface area contributed by atoms with Gasteiger partial charge in [-0.25, -0.2) is 4.79 Å². The van der Waals surface area contributed by atoms with Gasteiger partial charge in [-0.2, -0.15) is 0 Å². The molecule has 0 fully saturated rings. The number of amides is 2. The van der Waals surface area contributed by atoms with E-state index in [4.69, 9.17) is 17.3 Å². The van der Waals surface area contributed by atoms with Crippen LogP contribution in [-0.2, 0) is 6.42 Å². The van der Waals surface area contributed by atoms with Crippen molar-refractivity contribution in [2.45, 2.75) is 25.6 Å². The summed E-state index contributed by atoms with van der Waals surface area (Å²) in [6.45, 7) is 4.00. The highest BCUT2D eigenvalue weighted by molar-refractivity contribution is 6.22. The number of benzene rings is 2. The van der Waals surface area contributed by atoms with Crippen LogP contribution in [0.4, 0.5) is 16.2 Å². The molecular formula is C17H19ClN2O. The molecule has 1 heterocycles. The number of rotatable bonds is 0. The Morgan fingerprint density at radius 1 is 1.10 bits per heavy atom. The Bertz CT molecular complexity index is 642. The van der Waals surface area contributed by atoms with Crippen LogP contribution in [0.5, 0.6) is 0 Å². The van der Waals surface area contributed by atoms with Crippen molar-refractivity contribution in [2.24, 2.45) is 5.73 Å². The number of urea groups is 1. The number of alkyl halides is 1. The van der Waals surface area contributed by atoms with E-state index in [2.05, 4.69) is 0 Å². The van der Waals surface area contributed by atoms with Gasteiger partial charge >= 0.3 is 6.03 Å². The second kappa shape index (κ2) is 6.64. The van der Waals surface area contributed by atoms with Crippen LogP contribution in [0.3, 0.4) is 0 Å². The van der Waals surface area contributed by atoms with Crippen molar-refractivity contribution in [3.8, 4) is 0 Å². The van der Waals surface area contributed by atoms with Gasteiger partial charge in [-0.3, -0.25) is 4.90 Å². The van der Waals surface area contributed by atoms with Crippen molar-refractivity contribution in [3.63, 3.8) is 0 Å². The number of carbonyl (C=O) groups excluding carboxylic acids is 1. The zero-order chi connectivity index (χ0) is 15.4. The molecular weight excluding hydrogens is 284 g/mol. The zero-order valence-corrected chi connectivity index (χ0v) is 13.0. The molecule has 2 aromatic carbocycles. The van der Waals surface area contributed by atoms with Crippen molar-refractivity contribution >= 4 is 29.0 Å². The maximum atomic E-state index is 11.8. The van der Waals surface area contributed by atoms with E-state index in [0.717, 1.165) is 22.5 Å². The summed E-state index contributed by atoms with van der Waals surface area (Å²) in [6, 6.07) is 14.8. The van der Waals surface area contributed by atoms with Crippen LogP contribution in [0.15, 0.2) is 48.5 Å². The number of anilines is 2. The van der Waals surface area contributed by atoms with Crippen LogP contribution in [0, 0.1) is 0 Å². The quantitative estimate of drug-likeness (QED) is 0.700. The van der Waals surface area contributed by atoms with Crippen LogP contribution >= 0.6 is 11.6 Å². The Kier molecular flexibility index (Phi) is 4.86. The summed E-state index contributed by atoms with van der Waals surface area (Å²) in [7, 11) is 0. The number of halogens is 1. The fourth-order valence-corrected chi connectivity index (χ4v) is 2.88. The Morgan fingerprint density at radius 3 is 2.33 bits per heavy atom. The summed E-state index contributed by atoms with van der Waals surface area (Å²) < 4.78 is 0. The lowest BCUT2D eigenvalue weighted by atomic mass is 10.0. The van der Waals surface area contributed by atoms with E-state index in [1.165, 1.54) is 4.90 Å².